The minimum atomic E-state index is 0. The molecule has 1 aliphatic heterocycles. The molecule has 1 heterocycles. The highest BCUT2D eigenvalue weighted by Crippen LogP contribution is 2.19. The molecular formula is C16H35IN4OS. The predicted octanol–water partition coefficient (Wildman–Crippen LogP) is 2.27. The van der Waals surface area contributed by atoms with Crippen molar-refractivity contribution in [1.82, 2.24) is 15.5 Å². The summed E-state index contributed by atoms with van der Waals surface area (Å²) in [5.41, 5.74) is 0. The largest absolute Gasteiger partial charge is 0.383 e. The van der Waals surface area contributed by atoms with Crippen molar-refractivity contribution in [3.63, 3.8) is 0 Å². The molecule has 23 heavy (non-hydrogen) atoms. The summed E-state index contributed by atoms with van der Waals surface area (Å²) in [7, 11) is 3.61. The normalized spacial score (nSPS) is 17.7. The molecule has 1 saturated heterocycles. The molecule has 0 spiro atoms. The number of hydrogen-bond acceptors (Lipinski definition) is 4. The van der Waals surface area contributed by atoms with Crippen molar-refractivity contribution in [2.75, 3.05) is 59.7 Å². The average molecular weight is 458 g/mol. The summed E-state index contributed by atoms with van der Waals surface area (Å²) in [6.07, 6.45) is 4.66. The van der Waals surface area contributed by atoms with Crippen molar-refractivity contribution in [1.29, 1.82) is 0 Å². The van der Waals surface area contributed by atoms with Gasteiger partial charge in [-0.25, -0.2) is 0 Å². The molecule has 0 aromatic heterocycles. The molecule has 0 radical (unpaired) electrons. The number of nitrogens with zero attached hydrogens (tertiary/aromatic N) is 2. The molecule has 0 aromatic carbocycles. The number of halogens is 1. The molecular weight excluding hydrogens is 423 g/mol. The average Bonchev–Trinajstić information content (AvgIpc) is 2.54. The highest BCUT2D eigenvalue weighted by atomic mass is 127. The Balaban J connectivity index is 0.00000484. The van der Waals surface area contributed by atoms with Crippen LogP contribution in [-0.2, 0) is 4.74 Å². The Morgan fingerprint density at radius 1 is 1.30 bits per heavy atom. The van der Waals surface area contributed by atoms with Crippen LogP contribution in [0.2, 0.25) is 0 Å². The smallest absolute Gasteiger partial charge is 0.191 e. The third-order valence-corrected chi connectivity index (χ3v) is 5.58. The Kier molecular flexibility index (Phi) is 12.8. The molecule has 0 saturated carbocycles. The molecule has 0 bridgehead atoms. The van der Waals surface area contributed by atoms with Crippen LogP contribution in [0.15, 0.2) is 4.99 Å². The van der Waals surface area contributed by atoms with Gasteiger partial charge in [0.05, 0.1) is 6.61 Å². The van der Waals surface area contributed by atoms with Crippen molar-refractivity contribution in [3.05, 3.63) is 0 Å². The van der Waals surface area contributed by atoms with Crippen LogP contribution in [0, 0.1) is 5.92 Å². The minimum Gasteiger partial charge on any atom is -0.383 e. The van der Waals surface area contributed by atoms with Gasteiger partial charge >= 0.3 is 0 Å². The number of hydrogen-bond donors (Lipinski definition) is 2. The zero-order valence-corrected chi connectivity index (χ0v) is 18.5. The molecule has 1 aliphatic rings. The van der Waals surface area contributed by atoms with E-state index in [9.17, 15) is 0 Å². The zero-order chi connectivity index (χ0) is 16.4. The van der Waals surface area contributed by atoms with Crippen LogP contribution < -0.4 is 10.6 Å². The lowest BCUT2D eigenvalue weighted by atomic mass is 9.97. The summed E-state index contributed by atoms with van der Waals surface area (Å²) < 4.78 is 5.38. The molecule has 0 aromatic rings. The van der Waals surface area contributed by atoms with Crippen molar-refractivity contribution in [2.45, 2.75) is 31.4 Å². The van der Waals surface area contributed by atoms with E-state index in [0.29, 0.717) is 0 Å². The second-order valence-corrected chi connectivity index (χ2v) is 8.06. The number of nitrogens with one attached hydrogen (secondary N) is 2. The van der Waals surface area contributed by atoms with Crippen LogP contribution in [0.25, 0.3) is 0 Å². The van der Waals surface area contributed by atoms with E-state index >= 15 is 0 Å². The van der Waals surface area contributed by atoms with Crippen LogP contribution in [-0.4, -0.2) is 75.4 Å². The van der Waals surface area contributed by atoms with Crippen LogP contribution in [0.5, 0.6) is 0 Å². The van der Waals surface area contributed by atoms with E-state index in [2.05, 4.69) is 40.6 Å². The Labute approximate surface area is 163 Å². The van der Waals surface area contributed by atoms with Crippen LogP contribution in [0.4, 0.5) is 0 Å². The first-order valence-corrected chi connectivity index (χ1v) is 9.44. The molecule has 0 atom stereocenters. The highest BCUT2D eigenvalue weighted by Gasteiger charge is 2.20. The Morgan fingerprint density at radius 2 is 1.96 bits per heavy atom. The third-order valence-electron chi connectivity index (χ3n) is 4.33. The van der Waals surface area contributed by atoms with Gasteiger partial charge in [0.15, 0.2) is 5.96 Å². The Morgan fingerprint density at radius 3 is 2.48 bits per heavy atom. The molecule has 1 rings (SSSR count). The molecule has 2 N–H and O–H groups in total. The second-order valence-electron chi connectivity index (χ2n) is 6.55. The second kappa shape index (κ2) is 12.6. The Hall–Kier alpha value is 0.270. The lowest BCUT2D eigenvalue weighted by Crippen LogP contribution is -2.46. The van der Waals surface area contributed by atoms with Crippen molar-refractivity contribution < 1.29 is 4.74 Å². The lowest BCUT2D eigenvalue weighted by Gasteiger charge is -2.32. The molecule has 0 aliphatic carbocycles. The summed E-state index contributed by atoms with van der Waals surface area (Å²) in [5.74, 6) is 1.66. The van der Waals surface area contributed by atoms with E-state index in [4.69, 9.17) is 4.74 Å². The predicted molar refractivity (Wildman–Crippen MR) is 113 cm³/mol. The minimum absolute atomic E-state index is 0. The Bertz CT molecular complexity index is 334. The fourth-order valence-electron chi connectivity index (χ4n) is 2.46. The first-order valence-electron chi connectivity index (χ1n) is 8.21. The first-order chi connectivity index (χ1) is 10.5. The zero-order valence-electron chi connectivity index (χ0n) is 15.4. The summed E-state index contributed by atoms with van der Waals surface area (Å²) in [6, 6.07) is 0. The van der Waals surface area contributed by atoms with E-state index < -0.39 is 0 Å². The quantitative estimate of drug-likeness (QED) is 0.332. The maximum Gasteiger partial charge on any atom is 0.191 e. The topological polar surface area (TPSA) is 48.9 Å². The fourth-order valence-corrected chi connectivity index (χ4v) is 2.68. The van der Waals surface area contributed by atoms with Crippen molar-refractivity contribution in [3.8, 4) is 0 Å². The number of aliphatic imine (C=N–C) groups is 1. The van der Waals surface area contributed by atoms with E-state index in [-0.39, 0.29) is 28.7 Å². The molecule has 5 nitrogen and oxygen atoms in total. The first kappa shape index (κ1) is 23.3. The lowest BCUT2D eigenvalue weighted by molar-refractivity contribution is 0.121. The summed E-state index contributed by atoms with van der Waals surface area (Å²) in [5, 5.41) is 6.91. The van der Waals surface area contributed by atoms with E-state index in [1.807, 2.05) is 18.8 Å². The number of methoxy groups -OCH3 is 1. The van der Waals surface area contributed by atoms with Gasteiger partial charge in [0.2, 0.25) is 0 Å². The molecule has 7 heteroatoms. The van der Waals surface area contributed by atoms with Gasteiger partial charge in [-0.1, -0.05) is 0 Å². The van der Waals surface area contributed by atoms with Gasteiger partial charge < -0.3 is 20.3 Å². The number of likely N-dealkylation sites (tertiary alicyclic amines) is 1. The van der Waals surface area contributed by atoms with Crippen LogP contribution in [0.1, 0.15) is 26.7 Å². The van der Waals surface area contributed by atoms with E-state index in [0.717, 1.165) is 38.1 Å². The van der Waals surface area contributed by atoms with Gasteiger partial charge in [0.1, 0.15) is 0 Å². The number of thioether (sulfide) groups is 1. The van der Waals surface area contributed by atoms with Gasteiger partial charge in [0.25, 0.3) is 0 Å². The standard InChI is InChI=1S/C16H34N4OS.HI/c1-16(2,22-5)13-19-15(17-3)18-12-14-6-8-20(9-7-14)10-11-21-4;/h14H,6-13H2,1-5H3,(H2,17,18,19);1H. The van der Waals surface area contributed by atoms with E-state index in [1.165, 1.54) is 25.9 Å². The van der Waals surface area contributed by atoms with Crippen molar-refractivity contribution >= 4 is 41.7 Å². The number of guanidine groups is 1. The van der Waals surface area contributed by atoms with Gasteiger partial charge in [-0.3, -0.25) is 4.99 Å². The van der Waals surface area contributed by atoms with Crippen molar-refractivity contribution in [2.24, 2.45) is 10.9 Å². The fraction of sp³-hybridized carbons (Fsp3) is 0.938. The van der Waals surface area contributed by atoms with Gasteiger partial charge in [-0.05, 0) is 52.0 Å². The SMILES string of the molecule is CN=C(NCC1CCN(CCOC)CC1)NCC(C)(C)SC.I. The molecule has 0 amide bonds. The third kappa shape index (κ3) is 9.99. The monoisotopic (exact) mass is 458 g/mol. The van der Waals surface area contributed by atoms with Gasteiger partial charge in [-0.2, -0.15) is 11.8 Å². The number of piperidine rings is 1. The molecule has 1 fully saturated rings. The van der Waals surface area contributed by atoms with Crippen LogP contribution in [0.3, 0.4) is 0 Å². The highest BCUT2D eigenvalue weighted by molar-refractivity contribution is 14.0. The summed E-state index contributed by atoms with van der Waals surface area (Å²) in [6.45, 7) is 10.7. The van der Waals surface area contributed by atoms with Crippen LogP contribution >= 0.6 is 35.7 Å². The maximum atomic E-state index is 5.15. The molecule has 0 unspecified atom stereocenters. The summed E-state index contributed by atoms with van der Waals surface area (Å²) in [4.78, 5) is 6.82. The summed E-state index contributed by atoms with van der Waals surface area (Å²) >= 11 is 1.87. The molecule has 138 valence electrons. The maximum absolute atomic E-state index is 5.15. The number of ether oxygens (including phenoxy) is 1. The number of rotatable bonds is 8. The van der Waals surface area contributed by atoms with E-state index in [1.54, 1.807) is 7.11 Å². The van der Waals surface area contributed by atoms with Gasteiger partial charge in [-0.15, -0.1) is 24.0 Å². The van der Waals surface area contributed by atoms with Gasteiger partial charge in [0, 0.05) is 38.5 Å².